The molecule has 1 fully saturated rings. The van der Waals surface area contributed by atoms with E-state index in [2.05, 4.69) is 0 Å². The molecule has 0 aromatic heterocycles. The largest absolute Gasteiger partial charge is 0.479 e. The summed E-state index contributed by atoms with van der Waals surface area (Å²) < 4.78 is 25.3. The van der Waals surface area contributed by atoms with Gasteiger partial charge in [0.25, 0.3) is 0 Å². The van der Waals surface area contributed by atoms with E-state index in [4.69, 9.17) is 5.11 Å². The maximum Gasteiger partial charge on any atom is 0.339 e. The van der Waals surface area contributed by atoms with Gasteiger partial charge in [0.15, 0.2) is 5.34 Å². The van der Waals surface area contributed by atoms with Crippen molar-refractivity contribution in [1.29, 1.82) is 0 Å². The van der Waals surface area contributed by atoms with E-state index < -0.39 is 29.6 Å². The molecule has 90 valence electrons. The Balaban J connectivity index is 0.000000921. The highest BCUT2D eigenvalue weighted by molar-refractivity contribution is 7.20. The van der Waals surface area contributed by atoms with Gasteiger partial charge in [0.2, 0.25) is 5.92 Å². The van der Waals surface area contributed by atoms with Crippen molar-refractivity contribution in [3.63, 3.8) is 0 Å². The molecule has 3 nitrogen and oxygen atoms in total. The van der Waals surface area contributed by atoms with Crippen molar-refractivity contribution >= 4 is 15.2 Å². The Morgan fingerprint density at radius 3 is 2.27 bits per heavy atom. The number of rotatable bonds is 2. The van der Waals surface area contributed by atoms with Crippen LogP contribution in [-0.2, 0) is 4.79 Å². The van der Waals surface area contributed by atoms with Crippen molar-refractivity contribution in [3.05, 3.63) is 0 Å². The minimum atomic E-state index is -2.83. The molecule has 15 heavy (non-hydrogen) atoms. The Morgan fingerprint density at radius 1 is 1.53 bits per heavy atom. The first-order valence-electron chi connectivity index (χ1n) is 4.88. The zero-order valence-electron chi connectivity index (χ0n) is 8.83. The minimum Gasteiger partial charge on any atom is -0.479 e. The van der Waals surface area contributed by atoms with E-state index >= 15 is 0 Å². The van der Waals surface area contributed by atoms with Crippen LogP contribution in [0.5, 0.6) is 0 Å². The lowest BCUT2D eigenvalue weighted by Gasteiger charge is -2.24. The zero-order valence-corrected chi connectivity index (χ0v) is 9.99. The highest BCUT2D eigenvalue weighted by Crippen LogP contribution is 2.45. The summed E-state index contributed by atoms with van der Waals surface area (Å²) in [6.07, 6.45) is -0.861. The number of carbonyl (C=O) groups is 1. The molecule has 6 heteroatoms. The van der Waals surface area contributed by atoms with Gasteiger partial charge in [-0.2, -0.15) is 0 Å². The Hall–Kier alpha value is -0.280. The standard InChI is InChI=1S/C7H11F2O3P.C2H6/c8-6(9)2-1-4(3-6)7(12,13)5(10)11;1-2/h4,12H,1-3,13H2,(H,10,11);1-2H3. The SMILES string of the molecule is CC.O=C(O)C(O)(P)C1CCC(F)(F)C1. The molecule has 1 saturated carbocycles. The Morgan fingerprint density at radius 2 is 2.00 bits per heavy atom. The zero-order chi connectivity index (χ0) is 12.3. The average molecular weight is 242 g/mol. The second-order valence-corrected chi connectivity index (χ2v) is 4.31. The van der Waals surface area contributed by atoms with Gasteiger partial charge in [-0.15, -0.1) is 0 Å². The van der Waals surface area contributed by atoms with Crippen molar-refractivity contribution in [2.24, 2.45) is 5.92 Å². The van der Waals surface area contributed by atoms with Gasteiger partial charge in [-0.1, -0.05) is 23.1 Å². The molecule has 1 aliphatic carbocycles. The monoisotopic (exact) mass is 242 g/mol. The van der Waals surface area contributed by atoms with Crippen LogP contribution in [0.2, 0.25) is 0 Å². The molecular weight excluding hydrogens is 225 g/mol. The van der Waals surface area contributed by atoms with Crippen LogP contribution in [0.3, 0.4) is 0 Å². The predicted octanol–water partition coefficient (Wildman–Crippen LogP) is 2.10. The lowest BCUT2D eigenvalue weighted by Crippen LogP contribution is -2.39. The molecule has 0 aromatic carbocycles. The molecule has 0 spiro atoms. The smallest absolute Gasteiger partial charge is 0.339 e. The van der Waals surface area contributed by atoms with Gasteiger partial charge in [-0.05, 0) is 6.42 Å². The molecule has 3 atom stereocenters. The molecule has 0 heterocycles. The Labute approximate surface area is 90.1 Å². The van der Waals surface area contributed by atoms with E-state index in [1.54, 1.807) is 9.24 Å². The summed E-state index contributed by atoms with van der Waals surface area (Å²) >= 11 is 0. The van der Waals surface area contributed by atoms with E-state index in [0.717, 1.165) is 0 Å². The van der Waals surface area contributed by atoms with E-state index in [-0.39, 0.29) is 12.8 Å². The minimum absolute atomic E-state index is 0.0410. The number of aliphatic hydroxyl groups is 1. The first-order chi connectivity index (χ1) is 6.76. The van der Waals surface area contributed by atoms with Crippen molar-refractivity contribution in [2.45, 2.75) is 44.4 Å². The van der Waals surface area contributed by atoms with Crippen LogP contribution >= 0.6 is 9.24 Å². The Bertz CT molecular complexity index is 231. The summed E-state index contributed by atoms with van der Waals surface area (Å²) in [6.45, 7) is 4.00. The molecule has 0 saturated heterocycles. The van der Waals surface area contributed by atoms with E-state index in [1.165, 1.54) is 0 Å². The van der Waals surface area contributed by atoms with Gasteiger partial charge in [0.05, 0.1) is 0 Å². The summed E-state index contributed by atoms with van der Waals surface area (Å²) in [5, 5.41) is 15.8. The fraction of sp³-hybridized carbons (Fsp3) is 0.889. The van der Waals surface area contributed by atoms with Crippen molar-refractivity contribution in [1.82, 2.24) is 0 Å². The van der Waals surface area contributed by atoms with Crippen LogP contribution in [0.25, 0.3) is 0 Å². The molecule has 0 bridgehead atoms. The fourth-order valence-electron chi connectivity index (χ4n) is 1.50. The molecule has 0 aromatic rings. The number of halogens is 2. The summed E-state index contributed by atoms with van der Waals surface area (Å²) in [5.74, 6) is -5.18. The lowest BCUT2D eigenvalue weighted by atomic mass is 10.00. The van der Waals surface area contributed by atoms with Crippen LogP contribution in [0, 0.1) is 5.92 Å². The third-order valence-corrected chi connectivity index (χ3v) is 3.09. The van der Waals surface area contributed by atoms with Gasteiger partial charge in [-0.3, -0.25) is 0 Å². The molecule has 0 aliphatic heterocycles. The molecule has 1 rings (SSSR count). The number of hydrogen-bond donors (Lipinski definition) is 2. The summed E-state index contributed by atoms with van der Waals surface area (Å²) in [5.41, 5.74) is 0. The molecule has 3 unspecified atom stereocenters. The van der Waals surface area contributed by atoms with E-state index in [0.29, 0.717) is 0 Å². The predicted molar refractivity (Wildman–Crippen MR) is 55.9 cm³/mol. The third-order valence-electron chi connectivity index (χ3n) is 2.37. The Kier molecular flexibility index (Phi) is 5.07. The van der Waals surface area contributed by atoms with Crippen LogP contribution < -0.4 is 0 Å². The maximum atomic E-state index is 12.7. The second-order valence-electron chi connectivity index (χ2n) is 3.43. The van der Waals surface area contributed by atoms with Gasteiger partial charge in [0, 0.05) is 18.8 Å². The van der Waals surface area contributed by atoms with Gasteiger partial charge in [-0.25, -0.2) is 13.6 Å². The quantitative estimate of drug-likeness (QED) is 0.729. The van der Waals surface area contributed by atoms with E-state index in [1.807, 2.05) is 13.8 Å². The fourth-order valence-corrected chi connectivity index (χ4v) is 1.78. The summed E-state index contributed by atoms with van der Waals surface area (Å²) in [6, 6.07) is 0. The number of alkyl halides is 2. The van der Waals surface area contributed by atoms with Crippen LogP contribution in [0.15, 0.2) is 0 Å². The highest BCUT2D eigenvalue weighted by atomic mass is 31.0. The summed E-state index contributed by atoms with van der Waals surface area (Å²) in [4.78, 5) is 10.5. The van der Waals surface area contributed by atoms with Gasteiger partial charge >= 0.3 is 5.97 Å². The highest BCUT2D eigenvalue weighted by Gasteiger charge is 2.50. The van der Waals surface area contributed by atoms with Gasteiger partial charge < -0.3 is 10.2 Å². The number of aliphatic carboxylic acids is 1. The molecular formula is C9H17F2O3P. The number of carboxylic acids is 1. The third kappa shape index (κ3) is 3.65. The average Bonchev–Trinajstić information content (AvgIpc) is 2.50. The molecule has 0 amide bonds. The van der Waals surface area contributed by atoms with Crippen LogP contribution in [-0.4, -0.2) is 27.4 Å². The normalized spacial score (nSPS) is 27.5. The van der Waals surface area contributed by atoms with Crippen molar-refractivity contribution in [2.75, 3.05) is 0 Å². The van der Waals surface area contributed by atoms with E-state index in [9.17, 15) is 18.7 Å². The molecule has 0 radical (unpaired) electrons. The first-order valence-corrected chi connectivity index (χ1v) is 5.46. The topological polar surface area (TPSA) is 57.5 Å². The van der Waals surface area contributed by atoms with Crippen LogP contribution in [0.4, 0.5) is 8.78 Å². The van der Waals surface area contributed by atoms with Crippen molar-refractivity contribution in [3.8, 4) is 0 Å². The summed E-state index contributed by atoms with van der Waals surface area (Å²) in [7, 11) is 1.73. The number of hydrogen-bond acceptors (Lipinski definition) is 2. The maximum absolute atomic E-state index is 12.7. The van der Waals surface area contributed by atoms with Gasteiger partial charge in [0.1, 0.15) is 0 Å². The lowest BCUT2D eigenvalue weighted by molar-refractivity contribution is -0.153. The van der Waals surface area contributed by atoms with Crippen molar-refractivity contribution < 1.29 is 23.8 Å². The number of carboxylic acid groups (broad SMARTS) is 1. The second kappa shape index (κ2) is 5.17. The molecule has 1 aliphatic rings. The molecule has 2 N–H and O–H groups in total. The first kappa shape index (κ1) is 14.7. The van der Waals surface area contributed by atoms with Crippen LogP contribution in [0.1, 0.15) is 33.1 Å².